The van der Waals surface area contributed by atoms with Gasteiger partial charge in [0, 0.05) is 5.56 Å². The number of carbonyl (C=O) groups is 2. The van der Waals surface area contributed by atoms with E-state index in [4.69, 9.17) is 14.2 Å². The fourth-order valence-electron chi connectivity index (χ4n) is 3.53. The van der Waals surface area contributed by atoms with Gasteiger partial charge in [0.2, 0.25) is 5.95 Å². The zero-order valence-electron chi connectivity index (χ0n) is 17.7. The molecular formula is C22H21N5O5. The molecule has 0 radical (unpaired) electrons. The van der Waals surface area contributed by atoms with E-state index in [-0.39, 0.29) is 23.0 Å². The van der Waals surface area contributed by atoms with Gasteiger partial charge in [-0.15, -0.1) is 0 Å². The minimum Gasteiger partial charge on any atom is -0.497 e. The highest BCUT2D eigenvalue weighted by molar-refractivity contribution is 6.15. The van der Waals surface area contributed by atoms with Crippen molar-refractivity contribution in [1.29, 1.82) is 0 Å². The summed E-state index contributed by atoms with van der Waals surface area (Å²) in [5, 5.41) is 14.5. The Balaban J connectivity index is 1.89. The average molecular weight is 435 g/mol. The molecule has 0 aliphatic carbocycles. The quantitative estimate of drug-likeness (QED) is 0.441. The number of allylic oxidation sites excluding steroid dienone is 1. The van der Waals surface area contributed by atoms with E-state index in [0.29, 0.717) is 29.2 Å². The second-order valence-corrected chi connectivity index (χ2v) is 6.82. The summed E-state index contributed by atoms with van der Waals surface area (Å²) in [6.45, 7) is 2.39. The molecule has 0 amide bonds. The van der Waals surface area contributed by atoms with E-state index >= 15 is 0 Å². The van der Waals surface area contributed by atoms with Crippen LogP contribution in [0.2, 0.25) is 0 Å². The number of aromatic nitrogens is 4. The molecule has 2 heterocycles. The summed E-state index contributed by atoms with van der Waals surface area (Å²) >= 11 is 0. The summed E-state index contributed by atoms with van der Waals surface area (Å²) in [7, 11) is 2.79. The molecule has 0 bridgehead atoms. The number of fused-ring (bicyclic) bond motifs is 1. The lowest BCUT2D eigenvalue weighted by Crippen LogP contribution is -2.33. The zero-order valence-corrected chi connectivity index (χ0v) is 17.7. The molecule has 1 aliphatic heterocycles. The van der Waals surface area contributed by atoms with Gasteiger partial charge in [-0.1, -0.05) is 17.2 Å². The van der Waals surface area contributed by atoms with E-state index < -0.39 is 12.0 Å². The first-order chi connectivity index (χ1) is 15.6. The SMILES string of the molecule is CCOc1ccc(C(=O)C2=C(C(=O)OC)Nc3nnnn3[C@@H]2c2cccc(OC)c2)cc1. The highest BCUT2D eigenvalue weighted by Gasteiger charge is 2.38. The molecule has 0 unspecified atom stereocenters. The lowest BCUT2D eigenvalue weighted by molar-refractivity contribution is -0.136. The van der Waals surface area contributed by atoms with Gasteiger partial charge < -0.3 is 19.5 Å². The molecular weight excluding hydrogens is 414 g/mol. The van der Waals surface area contributed by atoms with Crippen LogP contribution in [0.3, 0.4) is 0 Å². The molecule has 32 heavy (non-hydrogen) atoms. The first kappa shape index (κ1) is 21.0. The zero-order chi connectivity index (χ0) is 22.7. The molecule has 0 spiro atoms. The number of carbonyl (C=O) groups excluding carboxylic acids is 2. The summed E-state index contributed by atoms with van der Waals surface area (Å²) < 4.78 is 17.2. The van der Waals surface area contributed by atoms with Crippen molar-refractivity contribution in [3.8, 4) is 11.5 Å². The highest BCUT2D eigenvalue weighted by atomic mass is 16.5. The maximum atomic E-state index is 13.7. The maximum absolute atomic E-state index is 13.7. The van der Waals surface area contributed by atoms with Crippen LogP contribution < -0.4 is 14.8 Å². The minimum absolute atomic E-state index is 0.0264. The number of esters is 1. The van der Waals surface area contributed by atoms with Gasteiger partial charge in [-0.05, 0) is 59.3 Å². The second-order valence-electron chi connectivity index (χ2n) is 6.82. The van der Waals surface area contributed by atoms with Crippen LogP contribution >= 0.6 is 0 Å². The van der Waals surface area contributed by atoms with E-state index in [1.165, 1.54) is 11.8 Å². The van der Waals surface area contributed by atoms with Gasteiger partial charge in [-0.2, -0.15) is 4.68 Å². The number of ketones is 1. The fourth-order valence-corrected chi connectivity index (χ4v) is 3.53. The van der Waals surface area contributed by atoms with Crippen molar-refractivity contribution in [1.82, 2.24) is 20.2 Å². The van der Waals surface area contributed by atoms with Crippen molar-refractivity contribution in [3.63, 3.8) is 0 Å². The Morgan fingerprint density at radius 2 is 1.88 bits per heavy atom. The first-order valence-corrected chi connectivity index (χ1v) is 9.86. The maximum Gasteiger partial charge on any atom is 0.355 e. The summed E-state index contributed by atoms with van der Waals surface area (Å²) in [6.07, 6.45) is 0. The van der Waals surface area contributed by atoms with Crippen LogP contribution in [-0.4, -0.2) is 52.8 Å². The molecule has 10 heteroatoms. The van der Waals surface area contributed by atoms with Crippen LogP contribution in [0, 0.1) is 0 Å². The number of hydrogen-bond acceptors (Lipinski definition) is 9. The van der Waals surface area contributed by atoms with E-state index in [9.17, 15) is 9.59 Å². The topological polar surface area (TPSA) is 117 Å². The molecule has 10 nitrogen and oxygen atoms in total. The van der Waals surface area contributed by atoms with E-state index in [1.54, 1.807) is 49.6 Å². The number of nitrogens with zero attached hydrogens (tertiary/aromatic N) is 4. The lowest BCUT2D eigenvalue weighted by atomic mass is 9.89. The highest BCUT2D eigenvalue weighted by Crippen LogP contribution is 2.37. The van der Waals surface area contributed by atoms with Crippen LogP contribution in [0.1, 0.15) is 28.9 Å². The van der Waals surface area contributed by atoms with Crippen LogP contribution in [0.25, 0.3) is 0 Å². The van der Waals surface area contributed by atoms with E-state index in [2.05, 4.69) is 20.8 Å². The van der Waals surface area contributed by atoms with Crippen molar-refractivity contribution >= 4 is 17.7 Å². The molecule has 164 valence electrons. The van der Waals surface area contributed by atoms with Crippen molar-refractivity contribution in [2.24, 2.45) is 0 Å². The van der Waals surface area contributed by atoms with Crippen LogP contribution in [0.15, 0.2) is 59.8 Å². The normalized spacial score (nSPS) is 14.9. The van der Waals surface area contributed by atoms with E-state index in [1.807, 2.05) is 13.0 Å². The molecule has 1 aliphatic rings. The Labute approximate surface area is 183 Å². The standard InChI is InChI=1S/C22H21N5O5/c1-4-32-15-10-8-13(9-11-15)20(28)17-18(21(29)31-3)23-22-24-25-26-27(22)19(17)14-6-5-7-16(12-14)30-2/h5-12,19H,4H2,1-3H3,(H,23,24,26)/t19-/m1/s1. The number of nitrogens with one attached hydrogen (secondary N) is 1. The third-order valence-corrected chi connectivity index (χ3v) is 4.99. The Hall–Kier alpha value is -4.21. The molecule has 0 saturated carbocycles. The fraction of sp³-hybridized carbons (Fsp3) is 0.227. The van der Waals surface area contributed by atoms with Gasteiger partial charge in [0.25, 0.3) is 0 Å². The Bertz CT molecular complexity index is 1190. The number of tetrazole rings is 1. The van der Waals surface area contributed by atoms with Gasteiger partial charge in [0.05, 0.1) is 26.4 Å². The summed E-state index contributed by atoms with van der Waals surface area (Å²) in [6, 6.07) is 13.1. The third kappa shape index (κ3) is 3.78. The predicted molar refractivity (Wildman–Crippen MR) is 114 cm³/mol. The van der Waals surface area contributed by atoms with E-state index in [0.717, 1.165) is 0 Å². The van der Waals surface area contributed by atoms with Gasteiger partial charge in [0.1, 0.15) is 23.2 Å². The lowest BCUT2D eigenvalue weighted by Gasteiger charge is -2.28. The van der Waals surface area contributed by atoms with Crippen molar-refractivity contribution in [3.05, 3.63) is 70.9 Å². The summed E-state index contributed by atoms with van der Waals surface area (Å²) in [5.74, 6) is 0.348. The molecule has 0 fully saturated rings. The van der Waals surface area contributed by atoms with Gasteiger partial charge in [-0.3, -0.25) is 4.79 Å². The van der Waals surface area contributed by atoms with Crippen molar-refractivity contribution < 1.29 is 23.8 Å². The Morgan fingerprint density at radius 3 is 2.56 bits per heavy atom. The van der Waals surface area contributed by atoms with Gasteiger partial charge in [-0.25, -0.2) is 4.79 Å². The molecule has 2 aromatic carbocycles. The number of rotatable bonds is 7. The number of benzene rings is 2. The molecule has 1 aromatic heterocycles. The number of hydrogen-bond donors (Lipinski definition) is 1. The number of ether oxygens (including phenoxy) is 3. The molecule has 1 atom stereocenters. The smallest absolute Gasteiger partial charge is 0.355 e. The third-order valence-electron chi connectivity index (χ3n) is 4.99. The first-order valence-electron chi connectivity index (χ1n) is 9.86. The second kappa shape index (κ2) is 8.88. The van der Waals surface area contributed by atoms with Crippen LogP contribution in [0.5, 0.6) is 11.5 Å². The average Bonchev–Trinajstić information content (AvgIpc) is 3.31. The molecule has 0 saturated heterocycles. The molecule has 3 aromatic rings. The minimum atomic E-state index is -0.787. The van der Waals surface area contributed by atoms with Crippen LogP contribution in [-0.2, 0) is 9.53 Å². The number of Topliss-reactive ketones (excluding diaryl/α,β-unsaturated/α-hetero) is 1. The largest absolute Gasteiger partial charge is 0.497 e. The Kier molecular flexibility index (Phi) is 5.84. The number of anilines is 1. The van der Waals surface area contributed by atoms with Gasteiger partial charge >= 0.3 is 5.97 Å². The monoisotopic (exact) mass is 435 g/mol. The number of methoxy groups -OCH3 is 2. The summed E-state index contributed by atoms with van der Waals surface area (Å²) in [4.78, 5) is 26.4. The molecule has 4 rings (SSSR count). The van der Waals surface area contributed by atoms with Gasteiger partial charge in [0.15, 0.2) is 5.78 Å². The predicted octanol–water partition coefficient (Wildman–Crippen LogP) is 2.41. The molecule has 1 N–H and O–H groups in total. The van der Waals surface area contributed by atoms with Crippen LogP contribution in [0.4, 0.5) is 5.95 Å². The van der Waals surface area contributed by atoms with Crippen molar-refractivity contribution in [2.75, 3.05) is 26.1 Å². The Morgan fingerprint density at radius 1 is 1.09 bits per heavy atom. The van der Waals surface area contributed by atoms with Crippen molar-refractivity contribution in [2.45, 2.75) is 13.0 Å². The summed E-state index contributed by atoms with van der Waals surface area (Å²) in [5.41, 5.74) is 1.15.